The van der Waals surface area contributed by atoms with Crippen molar-refractivity contribution in [3.63, 3.8) is 0 Å². The Balaban J connectivity index is 3.25. The zero-order valence-corrected chi connectivity index (χ0v) is 4.76. The summed E-state index contributed by atoms with van der Waals surface area (Å²) in [5.41, 5.74) is 5.03. The molecule has 0 fully saturated rings. The van der Waals surface area contributed by atoms with Crippen molar-refractivity contribution in [1.29, 1.82) is 0 Å². The average Bonchev–Trinajstić information content (AvgIpc) is 1.65. The van der Waals surface area contributed by atoms with E-state index >= 15 is 0 Å². The van der Waals surface area contributed by atoms with Crippen LogP contribution < -0.4 is 5.73 Å². The zero-order valence-electron chi connectivity index (χ0n) is 4.76. The van der Waals surface area contributed by atoms with Gasteiger partial charge in [0.05, 0.1) is 6.54 Å². The second-order valence-corrected chi connectivity index (χ2v) is 1.27. The van der Waals surface area contributed by atoms with E-state index in [-0.39, 0.29) is 12.3 Å². The lowest BCUT2D eigenvalue weighted by Crippen LogP contribution is -2.14. The van der Waals surface area contributed by atoms with Gasteiger partial charge in [-0.05, 0) is 0 Å². The van der Waals surface area contributed by atoms with Crippen molar-refractivity contribution >= 4 is 0 Å². The molecule has 0 spiro atoms. The van der Waals surface area contributed by atoms with Gasteiger partial charge in [-0.1, -0.05) is 6.58 Å². The third kappa shape index (κ3) is 3.60. The smallest absolute Gasteiger partial charge is 0.129 e. The Kier molecular flexibility index (Phi) is 3.18. The van der Waals surface area contributed by atoms with Gasteiger partial charge in [0.2, 0.25) is 0 Å². The minimum Gasteiger partial charge on any atom is -0.753 e. The molecule has 0 atom stereocenters. The van der Waals surface area contributed by atoms with Gasteiger partial charge in [0.15, 0.2) is 0 Å². The zero-order chi connectivity index (χ0) is 6.57. The highest BCUT2D eigenvalue weighted by Crippen LogP contribution is 1.90. The fraction of sp³-hybridized carbons (Fsp3) is 0.500. The molecule has 8 heavy (non-hydrogen) atoms. The normalized spacial score (nSPS) is 9.50. The highest BCUT2D eigenvalue weighted by atomic mass is 16.9. The molecule has 0 saturated carbocycles. The van der Waals surface area contributed by atoms with E-state index in [0.717, 1.165) is 0 Å². The molecule has 0 radical (unpaired) electrons. The minimum atomic E-state index is 0.173. The Bertz CT molecular complexity index is 82.1. The third-order valence-electron chi connectivity index (χ3n) is 0.485. The quantitative estimate of drug-likeness (QED) is 0.411. The maximum atomic E-state index is 9.99. The van der Waals surface area contributed by atoms with E-state index in [1.165, 1.54) is 7.05 Å². The fourth-order valence-corrected chi connectivity index (χ4v) is 0.219. The largest absolute Gasteiger partial charge is 0.753 e. The van der Waals surface area contributed by atoms with Crippen LogP contribution in [0.1, 0.15) is 0 Å². The molecule has 2 N–H and O–H groups in total. The third-order valence-corrected chi connectivity index (χ3v) is 0.485. The van der Waals surface area contributed by atoms with Crippen LogP contribution in [0.15, 0.2) is 12.3 Å². The SMILES string of the molecule is C=C(CN)ON(C)[O-]. The molecular formula is C4H9N2O2-. The first-order valence-electron chi connectivity index (χ1n) is 2.13. The molecule has 0 heterocycles. The minimum absolute atomic E-state index is 0.173. The maximum Gasteiger partial charge on any atom is 0.129 e. The first kappa shape index (κ1) is 7.42. The summed E-state index contributed by atoms with van der Waals surface area (Å²) < 4.78 is 0. The van der Waals surface area contributed by atoms with Gasteiger partial charge in [-0.2, -0.15) is 0 Å². The molecule has 0 amide bonds. The molecule has 4 nitrogen and oxygen atoms in total. The Labute approximate surface area is 48.1 Å². The fourth-order valence-electron chi connectivity index (χ4n) is 0.219. The molecule has 0 aromatic heterocycles. The number of hydrogen-bond donors (Lipinski definition) is 1. The van der Waals surface area contributed by atoms with Gasteiger partial charge >= 0.3 is 0 Å². The molecule has 0 rings (SSSR count). The molecule has 0 saturated heterocycles. The molecule has 0 aliphatic carbocycles. The summed E-state index contributed by atoms with van der Waals surface area (Å²) in [6, 6.07) is 0. The van der Waals surface area contributed by atoms with E-state index in [9.17, 15) is 5.21 Å². The molecule has 0 unspecified atom stereocenters. The van der Waals surface area contributed by atoms with Crippen LogP contribution in [0.2, 0.25) is 0 Å². The van der Waals surface area contributed by atoms with E-state index in [2.05, 4.69) is 11.4 Å². The van der Waals surface area contributed by atoms with E-state index in [1.807, 2.05) is 0 Å². The summed E-state index contributed by atoms with van der Waals surface area (Å²) in [5, 5.41) is 10.3. The molecule has 0 aliphatic heterocycles. The van der Waals surface area contributed by atoms with Crippen molar-refractivity contribution in [1.82, 2.24) is 5.23 Å². The van der Waals surface area contributed by atoms with Crippen molar-refractivity contribution < 1.29 is 4.84 Å². The highest BCUT2D eigenvalue weighted by molar-refractivity contribution is 4.81. The predicted molar refractivity (Wildman–Crippen MR) is 30.4 cm³/mol. The summed E-state index contributed by atoms with van der Waals surface area (Å²) in [5.74, 6) is 0.266. The lowest BCUT2D eigenvalue weighted by Gasteiger charge is -2.22. The van der Waals surface area contributed by atoms with E-state index in [4.69, 9.17) is 5.73 Å². The molecule has 0 aliphatic rings. The monoisotopic (exact) mass is 117 g/mol. The molecular weight excluding hydrogens is 108 g/mol. The summed E-state index contributed by atoms with van der Waals surface area (Å²) in [4.78, 5) is 4.36. The second-order valence-electron chi connectivity index (χ2n) is 1.27. The predicted octanol–water partition coefficient (Wildman–Crippen LogP) is -0.180. The van der Waals surface area contributed by atoms with Crippen molar-refractivity contribution in [3.8, 4) is 0 Å². The maximum absolute atomic E-state index is 9.99. The van der Waals surface area contributed by atoms with Crippen LogP contribution in [0.4, 0.5) is 0 Å². The Hall–Kier alpha value is -0.580. The van der Waals surface area contributed by atoms with E-state index < -0.39 is 0 Å². The Morgan fingerprint density at radius 3 is 2.62 bits per heavy atom. The Morgan fingerprint density at radius 1 is 2.00 bits per heavy atom. The summed E-state index contributed by atoms with van der Waals surface area (Å²) in [6.07, 6.45) is 0. The molecule has 4 heteroatoms. The first-order chi connectivity index (χ1) is 3.66. The summed E-state index contributed by atoms with van der Waals surface area (Å²) in [6.45, 7) is 3.50. The van der Waals surface area contributed by atoms with Crippen LogP contribution in [0.25, 0.3) is 0 Å². The molecule has 0 aromatic carbocycles. The van der Waals surface area contributed by atoms with Crippen LogP contribution >= 0.6 is 0 Å². The van der Waals surface area contributed by atoms with Crippen LogP contribution in [0.3, 0.4) is 0 Å². The van der Waals surface area contributed by atoms with Gasteiger partial charge in [-0.25, -0.2) is 5.23 Å². The molecule has 48 valence electrons. The van der Waals surface area contributed by atoms with Gasteiger partial charge in [0.1, 0.15) is 5.76 Å². The van der Waals surface area contributed by atoms with Crippen molar-refractivity contribution in [2.24, 2.45) is 5.73 Å². The summed E-state index contributed by atoms with van der Waals surface area (Å²) >= 11 is 0. The van der Waals surface area contributed by atoms with Gasteiger partial charge in [0, 0.05) is 7.05 Å². The van der Waals surface area contributed by atoms with Crippen molar-refractivity contribution in [3.05, 3.63) is 17.5 Å². The van der Waals surface area contributed by atoms with Gasteiger partial charge in [-0.15, -0.1) is 0 Å². The van der Waals surface area contributed by atoms with Crippen LogP contribution in [-0.4, -0.2) is 18.8 Å². The topological polar surface area (TPSA) is 61.5 Å². The number of hydroxylamine groups is 2. The van der Waals surface area contributed by atoms with Gasteiger partial charge < -0.3 is 15.8 Å². The van der Waals surface area contributed by atoms with Crippen LogP contribution in [-0.2, 0) is 4.84 Å². The second kappa shape index (κ2) is 3.43. The Morgan fingerprint density at radius 2 is 2.50 bits per heavy atom. The van der Waals surface area contributed by atoms with Crippen molar-refractivity contribution in [2.45, 2.75) is 0 Å². The van der Waals surface area contributed by atoms with E-state index in [0.29, 0.717) is 5.23 Å². The number of hydrogen-bond acceptors (Lipinski definition) is 4. The lowest BCUT2D eigenvalue weighted by molar-refractivity contribution is -0.0517. The van der Waals surface area contributed by atoms with E-state index in [1.54, 1.807) is 0 Å². The van der Waals surface area contributed by atoms with Crippen LogP contribution in [0, 0.1) is 5.21 Å². The average molecular weight is 117 g/mol. The van der Waals surface area contributed by atoms with Gasteiger partial charge in [0.25, 0.3) is 0 Å². The standard InChI is InChI=1S/C4H9N2O2/c1-4(3-5)8-6(2)7/h1,3,5H2,2H3/q-1. The van der Waals surface area contributed by atoms with Crippen molar-refractivity contribution in [2.75, 3.05) is 13.6 Å². The molecule has 0 bridgehead atoms. The lowest BCUT2D eigenvalue weighted by atomic mass is 10.6. The number of rotatable bonds is 3. The number of nitrogens with zero attached hydrogens (tertiary/aromatic N) is 1. The van der Waals surface area contributed by atoms with Gasteiger partial charge in [-0.3, -0.25) is 0 Å². The van der Waals surface area contributed by atoms with Crippen LogP contribution in [0.5, 0.6) is 0 Å². The molecule has 0 aromatic rings. The summed E-state index contributed by atoms with van der Waals surface area (Å²) in [7, 11) is 1.22. The number of nitrogens with two attached hydrogens (primary N) is 1. The highest BCUT2D eigenvalue weighted by Gasteiger charge is 1.86. The first-order valence-corrected chi connectivity index (χ1v) is 2.13.